The molecule has 1 amide bonds. The molecule has 0 aliphatic rings. The Hall–Kier alpha value is -3.48. The minimum Gasteiger partial charge on any atom is -0.444 e. The highest BCUT2D eigenvalue weighted by Gasteiger charge is 2.26. The SMILES string of the molecule is Cc1cc(NC(=O)[C@H](OC(=O)c2ccc(F)cc2)c2ccccc2)no1. The maximum atomic E-state index is 13.0. The molecule has 1 aromatic heterocycles. The first-order chi connectivity index (χ1) is 12.5. The van der Waals surface area contributed by atoms with E-state index < -0.39 is 23.8 Å². The van der Waals surface area contributed by atoms with Crippen LogP contribution in [0, 0.1) is 12.7 Å². The van der Waals surface area contributed by atoms with Gasteiger partial charge in [-0.3, -0.25) is 4.79 Å². The van der Waals surface area contributed by atoms with E-state index in [0.717, 1.165) is 12.1 Å². The molecular weight excluding hydrogens is 339 g/mol. The normalized spacial score (nSPS) is 11.6. The summed E-state index contributed by atoms with van der Waals surface area (Å²) in [5, 5.41) is 6.24. The van der Waals surface area contributed by atoms with Crippen LogP contribution in [0.15, 0.2) is 65.2 Å². The van der Waals surface area contributed by atoms with Crippen LogP contribution in [0.4, 0.5) is 10.2 Å². The summed E-state index contributed by atoms with van der Waals surface area (Å²) in [6.45, 7) is 1.69. The zero-order valence-corrected chi connectivity index (χ0v) is 13.8. The van der Waals surface area contributed by atoms with Crippen molar-refractivity contribution in [3.63, 3.8) is 0 Å². The number of hydrogen-bond acceptors (Lipinski definition) is 5. The lowest BCUT2D eigenvalue weighted by molar-refractivity contribution is -0.125. The van der Waals surface area contributed by atoms with E-state index in [4.69, 9.17) is 9.26 Å². The Labute approximate surface area is 148 Å². The molecule has 0 spiro atoms. The molecule has 26 heavy (non-hydrogen) atoms. The molecule has 1 N–H and O–H groups in total. The molecule has 0 aliphatic heterocycles. The fourth-order valence-electron chi connectivity index (χ4n) is 2.28. The van der Waals surface area contributed by atoms with Gasteiger partial charge in [-0.05, 0) is 31.2 Å². The monoisotopic (exact) mass is 354 g/mol. The van der Waals surface area contributed by atoms with Crippen LogP contribution in [0.3, 0.4) is 0 Å². The van der Waals surface area contributed by atoms with Crippen molar-refractivity contribution in [2.24, 2.45) is 0 Å². The predicted molar refractivity (Wildman–Crippen MR) is 90.9 cm³/mol. The second kappa shape index (κ2) is 7.60. The molecule has 1 heterocycles. The first kappa shape index (κ1) is 17.3. The molecule has 0 saturated heterocycles. The van der Waals surface area contributed by atoms with Gasteiger partial charge in [-0.25, -0.2) is 9.18 Å². The largest absolute Gasteiger partial charge is 0.444 e. The van der Waals surface area contributed by atoms with Crippen LogP contribution in [0.1, 0.15) is 27.8 Å². The van der Waals surface area contributed by atoms with Crippen molar-refractivity contribution in [3.8, 4) is 0 Å². The molecule has 3 rings (SSSR count). The van der Waals surface area contributed by atoms with Crippen molar-refractivity contribution >= 4 is 17.7 Å². The van der Waals surface area contributed by atoms with Gasteiger partial charge in [0.15, 0.2) is 5.82 Å². The van der Waals surface area contributed by atoms with Gasteiger partial charge >= 0.3 is 5.97 Å². The smallest absolute Gasteiger partial charge is 0.339 e. The average Bonchev–Trinajstić information content (AvgIpc) is 3.05. The molecule has 3 aromatic rings. The van der Waals surface area contributed by atoms with Crippen LogP contribution in [0.2, 0.25) is 0 Å². The van der Waals surface area contributed by atoms with Crippen LogP contribution in [-0.2, 0) is 9.53 Å². The zero-order valence-electron chi connectivity index (χ0n) is 13.8. The van der Waals surface area contributed by atoms with E-state index >= 15 is 0 Å². The Balaban J connectivity index is 1.82. The number of carbonyl (C=O) groups excluding carboxylic acids is 2. The summed E-state index contributed by atoms with van der Waals surface area (Å²) in [4.78, 5) is 25.0. The van der Waals surface area contributed by atoms with Crippen LogP contribution >= 0.6 is 0 Å². The third-order valence-electron chi connectivity index (χ3n) is 3.52. The maximum Gasteiger partial charge on any atom is 0.339 e. The van der Waals surface area contributed by atoms with E-state index in [9.17, 15) is 14.0 Å². The molecule has 0 saturated carbocycles. The van der Waals surface area contributed by atoms with Crippen LogP contribution in [0.25, 0.3) is 0 Å². The highest BCUT2D eigenvalue weighted by atomic mass is 19.1. The Bertz CT molecular complexity index is 907. The van der Waals surface area contributed by atoms with Crippen molar-refractivity contribution in [1.29, 1.82) is 0 Å². The number of hydrogen-bond donors (Lipinski definition) is 1. The Kier molecular flexibility index (Phi) is 5.07. The summed E-state index contributed by atoms with van der Waals surface area (Å²) in [5.41, 5.74) is 0.623. The number of nitrogens with one attached hydrogen (secondary N) is 1. The third kappa shape index (κ3) is 4.13. The van der Waals surface area contributed by atoms with Gasteiger partial charge in [0.2, 0.25) is 6.10 Å². The van der Waals surface area contributed by atoms with Gasteiger partial charge in [0.1, 0.15) is 11.6 Å². The number of aryl methyl sites for hydroxylation is 1. The van der Waals surface area contributed by atoms with Crippen molar-refractivity contribution < 1.29 is 23.2 Å². The lowest BCUT2D eigenvalue weighted by Gasteiger charge is -2.17. The molecule has 2 aromatic carbocycles. The summed E-state index contributed by atoms with van der Waals surface area (Å²) in [5.74, 6) is -1.06. The minimum absolute atomic E-state index is 0.136. The van der Waals surface area contributed by atoms with E-state index in [0.29, 0.717) is 11.3 Å². The van der Waals surface area contributed by atoms with E-state index in [1.165, 1.54) is 12.1 Å². The topological polar surface area (TPSA) is 81.4 Å². The number of anilines is 1. The molecule has 132 valence electrons. The van der Waals surface area contributed by atoms with Gasteiger partial charge in [0, 0.05) is 11.6 Å². The number of rotatable bonds is 5. The summed E-state index contributed by atoms with van der Waals surface area (Å²) in [7, 11) is 0. The number of carbonyl (C=O) groups is 2. The van der Waals surface area contributed by atoms with E-state index in [-0.39, 0.29) is 11.4 Å². The number of nitrogens with zero attached hydrogens (tertiary/aromatic N) is 1. The summed E-state index contributed by atoms with van der Waals surface area (Å²) >= 11 is 0. The number of esters is 1. The van der Waals surface area contributed by atoms with Crippen molar-refractivity contribution in [2.45, 2.75) is 13.0 Å². The molecule has 1 atom stereocenters. The van der Waals surface area contributed by atoms with Crippen LogP contribution in [-0.4, -0.2) is 17.0 Å². The number of amides is 1. The third-order valence-corrected chi connectivity index (χ3v) is 3.52. The molecule has 0 aliphatic carbocycles. The van der Waals surface area contributed by atoms with Gasteiger partial charge in [-0.2, -0.15) is 0 Å². The van der Waals surface area contributed by atoms with Gasteiger partial charge in [0.05, 0.1) is 5.56 Å². The fraction of sp³-hybridized carbons (Fsp3) is 0.105. The molecular formula is C19H15FN2O4. The molecule has 6 nitrogen and oxygen atoms in total. The first-order valence-electron chi connectivity index (χ1n) is 7.78. The highest BCUT2D eigenvalue weighted by Crippen LogP contribution is 2.22. The summed E-state index contributed by atoms with van der Waals surface area (Å²) in [6.07, 6.45) is -1.20. The number of halogens is 1. The van der Waals surface area contributed by atoms with E-state index in [1.807, 2.05) is 0 Å². The lowest BCUT2D eigenvalue weighted by atomic mass is 10.1. The quantitative estimate of drug-likeness (QED) is 0.707. The second-order valence-electron chi connectivity index (χ2n) is 5.51. The number of ether oxygens (including phenoxy) is 1. The summed E-state index contributed by atoms with van der Waals surface area (Å²) in [6, 6.07) is 15.0. The standard InChI is InChI=1S/C19H15FN2O4/c1-12-11-16(22-26-12)21-18(23)17(13-5-3-2-4-6-13)25-19(24)14-7-9-15(20)10-8-14/h2-11,17H,1H3,(H,21,22,23)/t17-/m1/s1. The Morgan fingerprint density at radius 1 is 1.12 bits per heavy atom. The van der Waals surface area contributed by atoms with E-state index in [2.05, 4.69) is 10.5 Å². The fourth-order valence-corrected chi connectivity index (χ4v) is 2.28. The molecule has 0 unspecified atom stereocenters. The lowest BCUT2D eigenvalue weighted by Crippen LogP contribution is -2.26. The van der Waals surface area contributed by atoms with Crippen LogP contribution < -0.4 is 5.32 Å². The van der Waals surface area contributed by atoms with Crippen LogP contribution in [0.5, 0.6) is 0 Å². The number of aromatic nitrogens is 1. The van der Waals surface area contributed by atoms with Crippen molar-refractivity contribution in [3.05, 3.63) is 83.4 Å². The van der Waals surface area contributed by atoms with Crippen molar-refractivity contribution in [2.75, 3.05) is 5.32 Å². The summed E-state index contributed by atoms with van der Waals surface area (Å²) < 4.78 is 23.3. The molecule has 0 bridgehead atoms. The first-order valence-corrected chi connectivity index (χ1v) is 7.78. The molecule has 7 heteroatoms. The predicted octanol–water partition coefficient (Wildman–Crippen LogP) is 3.66. The van der Waals surface area contributed by atoms with Gasteiger partial charge in [-0.15, -0.1) is 0 Å². The minimum atomic E-state index is -1.20. The Morgan fingerprint density at radius 3 is 2.42 bits per heavy atom. The van der Waals surface area contributed by atoms with E-state index in [1.54, 1.807) is 43.3 Å². The number of benzene rings is 2. The second-order valence-corrected chi connectivity index (χ2v) is 5.51. The molecule has 0 radical (unpaired) electrons. The maximum absolute atomic E-state index is 13.0. The average molecular weight is 354 g/mol. The molecule has 0 fully saturated rings. The van der Waals surface area contributed by atoms with Gasteiger partial charge in [-0.1, -0.05) is 35.5 Å². The van der Waals surface area contributed by atoms with Gasteiger partial charge < -0.3 is 14.6 Å². The Morgan fingerprint density at radius 2 is 1.81 bits per heavy atom. The van der Waals surface area contributed by atoms with Crippen molar-refractivity contribution in [1.82, 2.24) is 5.16 Å². The zero-order chi connectivity index (χ0) is 18.5. The highest BCUT2D eigenvalue weighted by molar-refractivity contribution is 5.97. The van der Waals surface area contributed by atoms with Gasteiger partial charge in [0.25, 0.3) is 5.91 Å².